The van der Waals surface area contributed by atoms with Gasteiger partial charge in [0.25, 0.3) is 0 Å². The van der Waals surface area contributed by atoms with E-state index in [1.807, 2.05) is 18.7 Å². The highest BCUT2D eigenvalue weighted by Gasteiger charge is 2.46. The van der Waals surface area contributed by atoms with Gasteiger partial charge in [0.05, 0.1) is 6.54 Å². The van der Waals surface area contributed by atoms with Crippen LogP contribution in [-0.2, 0) is 15.1 Å². The van der Waals surface area contributed by atoms with Crippen molar-refractivity contribution in [1.29, 1.82) is 0 Å². The molecule has 2 rings (SSSR count). The minimum Gasteiger partial charge on any atom is -0.450 e. The van der Waals surface area contributed by atoms with E-state index in [1.54, 1.807) is 0 Å². The van der Waals surface area contributed by atoms with Crippen LogP contribution in [0.5, 0.6) is 0 Å². The SMILES string of the molecule is Cl.[2H]C1([2H])C([2H])([2H])C([2H])([2H])C([2H])(C(O)(C(=O)OCC#CCN(CC)CC)c2ccccc2)C([2H])([2H])C1([2H])[2H]. The van der Waals surface area contributed by atoms with E-state index in [1.165, 1.54) is 18.2 Å². The fourth-order valence-corrected chi connectivity index (χ4v) is 2.35. The van der Waals surface area contributed by atoms with E-state index < -0.39 is 61.5 Å². The number of hydrogen-bond donors (Lipinski definition) is 1. The zero-order valence-electron chi connectivity index (χ0n) is 26.3. The first-order valence-electron chi connectivity index (χ1n) is 13.9. The van der Waals surface area contributed by atoms with Crippen LogP contribution in [0.25, 0.3) is 0 Å². The molecular weight excluding hydrogens is 362 g/mol. The Morgan fingerprint density at radius 1 is 1.26 bits per heavy atom. The highest BCUT2D eigenvalue weighted by Crippen LogP contribution is 2.40. The molecule has 5 heteroatoms. The van der Waals surface area contributed by atoms with E-state index in [4.69, 9.17) is 19.8 Å². The number of benzene rings is 1. The fourth-order valence-electron chi connectivity index (χ4n) is 2.35. The molecule has 1 atom stereocenters. The Bertz CT molecular complexity index is 1030. The summed E-state index contributed by atoms with van der Waals surface area (Å²) >= 11 is 0. The van der Waals surface area contributed by atoms with Gasteiger partial charge in [0.15, 0.2) is 12.2 Å². The van der Waals surface area contributed by atoms with Crippen molar-refractivity contribution in [2.75, 3.05) is 26.2 Å². The first-order valence-corrected chi connectivity index (χ1v) is 8.40. The lowest BCUT2D eigenvalue weighted by molar-refractivity contribution is -0.174. The van der Waals surface area contributed by atoms with E-state index >= 15 is 0 Å². The van der Waals surface area contributed by atoms with Crippen molar-refractivity contribution < 1.29 is 29.7 Å². The van der Waals surface area contributed by atoms with E-state index in [9.17, 15) is 9.90 Å². The van der Waals surface area contributed by atoms with Crippen molar-refractivity contribution in [1.82, 2.24) is 4.90 Å². The quantitative estimate of drug-likeness (QED) is 0.555. The molecule has 1 aliphatic carbocycles. The predicted molar refractivity (Wildman–Crippen MR) is 111 cm³/mol. The van der Waals surface area contributed by atoms with Crippen LogP contribution in [0.15, 0.2) is 30.3 Å². The number of esters is 1. The Hall–Kier alpha value is -1.54. The summed E-state index contributed by atoms with van der Waals surface area (Å²) in [6, 6.07) is 6.15. The zero-order valence-corrected chi connectivity index (χ0v) is 16.2. The van der Waals surface area contributed by atoms with Crippen LogP contribution < -0.4 is 0 Å². The molecule has 0 aromatic heterocycles. The van der Waals surface area contributed by atoms with E-state index in [-0.39, 0.29) is 12.4 Å². The average molecular weight is 405 g/mol. The molecule has 0 aliphatic heterocycles. The highest BCUT2D eigenvalue weighted by atomic mass is 35.5. The summed E-state index contributed by atoms with van der Waals surface area (Å²) in [5, 5.41) is 11.8. The molecule has 0 bridgehead atoms. The lowest BCUT2D eigenvalue weighted by Crippen LogP contribution is -2.45. The molecule has 1 aromatic carbocycles. The third-order valence-corrected chi connectivity index (χ3v) is 3.95. The van der Waals surface area contributed by atoms with Gasteiger partial charge in [-0.1, -0.05) is 75.1 Å². The van der Waals surface area contributed by atoms with Crippen LogP contribution in [0.3, 0.4) is 0 Å². The molecular formula is C22H32ClNO3. The second kappa shape index (κ2) is 12.0. The lowest BCUT2D eigenvalue weighted by atomic mass is 9.73. The maximum atomic E-state index is 13.4. The van der Waals surface area contributed by atoms with Crippen molar-refractivity contribution >= 4 is 18.4 Å². The maximum Gasteiger partial charge on any atom is 0.344 e. The number of carbonyl (C=O) groups is 1. The monoisotopic (exact) mass is 404 g/mol. The second-order valence-electron chi connectivity index (χ2n) is 5.47. The molecule has 27 heavy (non-hydrogen) atoms. The lowest BCUT2D eigenvalue weighted by Gasteiger charge is -2.36. The van der Waals surface area contributed by atoms with Crippen LogP contribution in [0.1, 0.15) is 66.4 Å². The van der Waals surface area contributed by atoms with Gasteiger partial charge >= 0.3 is 5.97 Å². The van der Waals surface area contributed by atoms with Gasteiger partial charge in [-0.2, -0.15) is 0 Å². The molecule has 1 aromatic rings. The third-order valence-electron chi connectivity index (χ3n) is 3.95. The molecule has 0 spiro atoms. The van der Waals surface area contributed by atoms with Crippen LogP contribution in [0, 0.1) is 17.7 Å². The molecule has 4 nitrogen and oxygen atoms in total. The Morgan fingerprint density at radius 3 is 2.48 bits per heavy atom. The summed E-state index contributed by atoms with van der Waals surface area (Å²) in [5.41, 5.74) is -4.19. The number of hydrogen-bond acceptors (Lipinski definition) is 4. The minimum absolute atomic E-state index is 0. The molecule has 1 saturated carbocycles. The van der Waals surface area contributed by atoms with Gasteiger partial charge in [0, 0.05) is 21.0 Å². The number of halogens is 1. The van der Waals surface area contributed by atoms with Gasteiger partial charge < -0.3 is 9.84 Å². The van der Waals surface area contributed by atoms with Crippen molar-refractivity contribution in [3.8, 4) is 11.8 Å². The largest absolute Gasteiger partial charge is 0.450 e. The van der Waals surface area contributed by atoms with Crippen molar-refractivity contribution in [2.45, 2.75) is 51.3 Å². The third kappa shape index (κ3) is 6.24. The summed E-state index contributed by atoms with van der Waals surface area (Å²) in [5.74, 6) is -0.461. The van der Waals surface area contributed by atoms with E-state index in [0.717, 1.165) is 12.1 Å². The van der Waals surface area contributed by atoms with Gasteiger partial charge in [0.2, 0.25) is 0 Å². The van der Waals surface area contributed by atoms with Crippen molar-refractivity contribution in [2.24, 2.45) is 5.89 Å². The Kier molecular flexibility index (Phi) is 5.10. The number of ether oxygens (including phenoxy) is 1. The molecule has 150 valence electrons. The summed E-state index contributed by atoms with van der Waals surface area (Å²) in [7, 11) is 0. The van der Waals surface area contributed by atoms with E-state index in [2.05, 4.69) is 11.8 Å². The normalized spacial score (nSPS) is 33.1. The first-order chi connectivity index (χ1) is 16.8. The topological polar surface area (TPSA) is 49.8 Å². The zero-order chi connectivity index (χ0) is 28.7. The number of carbonyl (C=O) groups excluding carboxylic acids is 1. The number of rotatable bonds is 7. The molecule has 1 N–H and O–H groups in total. The molecule has 1 fully saturated rings. The van der Waals surface area contributed by atoms with E-state index in [0.29, 0.717) is 19.6 Å². The van der Waals surface area contributed by atoms with Crippen molar-refractivity contribution in [3.05, 3.63) is 35.9 Å². The Balaban J connectivity index is 0.00000722. The van der Waals surface area contributed by atoms with Crippen LogP contribution in [0.2, 0.25) is 0 Å². The van der Waals surface area contributed by atoms with Crippen molar-refractivity contribution in [3.63, 3.8) is 0 Å². The minimum atomic E-state index is -3.99. The Morgan fingerprint density at radius 2 is 1.89 bits per heavy atom. The Labute approximate surface area is 185 Å². The smallest absolute Gasteiger partial charge is 0.344 e. The summed E-state index contributed by atoms with van der Waals surface area (Å²) < 4.78 is 96.5. The van der Waals surface area contributed by atoms with Crippen LogP contribution in [-0.4, -0.2) is 42.2 Å². The highest BCUT2D eigenvalue weighted by molar-refractivity contribution is 5.85. The fraction of sp³-hybridized carbons (Fsp3) is 0.591. The molecule has 0 heterocycles. The van der Waals surface area contributed by atoms with Gasteiger partial charge in [-0.15, -0.1) is 12.4 Å². The maximum absolute atomic E-state index is 13.4. The standard InChI is InChI=1S/C22H31NO3.ClH/c1-3-23(4-2)17-11-12-18-26-21(24)22(25,19-13-7-5-8-14-19)20-15-9-6-10-16-20;/h5,7-8,13-14,20,25H,3-4,6,9-10,15-18H2,1-2H3;1H/i6D2,9D2,10D2,15D2,16D2,20D;. The van der Waals surface area contributed by atoms with Gasteiger partial charge in [0.1, 0.15) is 0 Å². The molecule has 0 saturated heterocycles. The average Bonchev–Trinajstić information content (AvgIpc) is 2.84. The molecule has 0 amide bonds. The van der Waals surface area contributed by atoms with Crippen LogP contribution >= 0.6 is 12.4 Å². The first kappa shape index (κ1) is 11.5. The summed E-state index contributed by atoms with van der Waals surface area (Å²) in [6.45, 7) is 4.95. The van der Waals surface area contributed by atoms with Gasteiger partial charge in [-0.05, 0) is 31.4 Å². The molecule has 1 aliphatic rings. The summed E-state index contributed by atoms with van der Waals surface area (Å²) in [6.07, 6.45) is -19.5. The van der Waals surface area contributed by atoms with Crippen LogP contribution in [0.4, 0.5) is 0 Å². The number of aliphatic hydroxyl groups is 1. The summed E-state index contributed by atoms with van der Waals surface area (Å²) in [4.78, 5) is 15.4. The van der Waals surface area contributed by atoms with Gasteiger partial charge in [-0.25, -0.2) is 4.79 Å². The predicted octanol–water partition coefficient (Wildman–Crippen LogP) is 3.76. The van der Waals surface area contributed by atoms with Gasteiger partial charge in [-0.3, -0.25) is 4.90 Å². The second-order valence-corrected chi connectivity index (χ2v) is 5.47. The molecule has 1 unspecified atom stereocenters. The number of nitrogens with zero attached hydrogens (tertiary/aromatic N) is 1. The molecule has 0 radical (unpaired) electrons.